The Morgan fingerprint density at radius 3 is 2.52 bits per heavy atom. The topological polar surface area (TPSA) is 56.1 Å². The largest absolute Gasteiger partial charge is 0.493 e. The molecule has 1 aromatic carbocycles. The number of pyridine rings is 1. The van der Waals surface area contributed by atoms with E-state index >= 15 is 0 Å². The van der Waals surface area contributed by atoms with Gasteiger partial charge in [-0.25, -0.2) is 4.98 Å². The fourth-order valence-electron chi connectivity index (χ4n) is 2.92. The van der Waals surface area contributed by atoms with E-state index in [0.29, 0.717) is 17.3 Å². The predicted octanol–water partition coefficient (Wildman–Crippen LogP) is 4.15. The van der Waals surface area contributed by atoms with E-state index in [2.05, 4.69) is 4.98 Å². The number of ether oxygens (including phenoxy) is 2. The van der Waals surface area contributed by atoms with Gasteiger partial charge >= 0.3 is 0 Å². The van der Waals surface area contributed by atoms with Gasteiger partial charge in [-0.3, -0.25) is 9.20 Å². The number of amides is 1. The average Bonchev–Trinajstić information content (AvgIpc) is 3.03. The fourth-order valence-corrected chi connectivity index (χ4v) is 2.92. The number of hydrogen-bond acceptors (Lipinski definition) is 4. The van der Waals surface area contributed by atoms with E-state index in [1.165, 1.54) is 0 Å². The van der Waals surface area contributed by atoms with Crippen molar-refractivity contribution < 1.29 is 14.3 Å². The van der Waals surface area contributed by atoms with Crippen molar-refractivity contribution in [3.63, 3.8) is 0 Å². The molecule has 0 N–H and O–H groups in total. The zero-order valence-electron chi connectivity index (χ0n) is 17.0. The van der Waals surface area contributed by atoms with Gasteiger partial charge in [-0.2, -0.15) is 0 Å². The summed E-state index contributed by atoms with van der Waals surface area (Å²) in [5.41, 5.74) is 0.570. The van der Waals surface area contributed by atoms with Gasteiger partial charge in [-0.05, 0) is 58.2 Å². The average molecular weight is 369 g/mol. The van der Waals surface area contributed by atoms with Crippen molar-refractivity contribution in [1.29, 1.82) is 0 Å². The molecule has 2 heterocycles. The Bertz CT molecular complexity index is 999. The number of imidazole rings is 1. The highest BCUT2D eigenvalue weighted by Gasteiger charge is 2.26. The maximum absolute atomic E-state index is 12.9. The summed E-state index contributed by atoms with van der Waals surface area (Å²) in [6.45, 7) is 9.94. The number of methoxy groups -OCH3 is 1. The summed E-state index contributed by atoms with van der Waals surface area (Å²) in [4.78, 5) is 19.0. The van der Waals surface area contributed by atoms with Gasteiger partial charge in [0.25, 0.3) is 5.91 Å². The molecule has 6 heteroatoms. The molecule has 27 heavy (non-hydrogen) atoms. The Kier molecular flexibility index (Phi) is 4.76. The third-order valence-electron chi connectivity index (χ3n) is 4.68. The van der Waals surface area contributed by atoms with E-state index in [-0.39, 0.29) is 17.6 Å². The first-order valence-electron chi connectivity index (χ1n) is 9.06. The van der Waals surface area contributed by atoms with Crippen LogP contribution >= 0.6 is 0 Å². The van der Waals surface area contributed by atoms with Crippen LogP contribution in [0.5, 0.6) is 11.5 Å². The molecule has 0 saturated heterocycles. The van der Waals surface area contributed by atoms with Crippen molar-refractivity contribution in [2.45, 2.75) is 46.3 Å². The zero-order valence-corrected chi connectivity index (χ0v) is 17.0. The Balaban J connectivity index is 2.18. The summed E-state index contributed by atoms with van der Waals surface area (Å²) in [7, 11) is 3.43. The highest BCUT2D eigenvalue weighted by atomic mass is 16.5. The summed E-state index contributed by atoms with van der Waals surface area (Å²) in [5, 5.41) is 1.96. The van der Waals surface area contributed by atoms with Gasteiger partial charge in [-0.1, -0.05) is 0 Å². The number of aromatic nitrogens is 2. The Morgan fingerprint density at radius 2 is 1.93 bits per heavy atom. The molecule has 6 nitrogen and oxygen atoms in total. The predicted molar refractivity (Wildman–Crippen MR) is 107 cm³/mol. The molecule has 0 unspecified atom stereocenters. The molecule has 144 valence electrons. The highest BCUT2D eigenvalue weighted by Crippen LogP contribution is 2.35. The lowest BCUT2D eigenvalue weighted by molar-refractivity contribution is 0.0642. The number of rotatable bonds is 4. The quantitative estimate of drug-likeness (QED) is 0.693. The molecule has 2 aromatic heterocycles. The van der Waals surface area contributed by atoms with E-state index in [1.54, 1.807) is 25.3 Å². The van der Waals surface area contributed by atoms with Crippen molar-refractivity contribution in [3.8, 4) is 11.5 Å². The van der Waals surface area contributed by atoms with Crippen molar-refractivity contribution in [2.24, 2.45) is 0 Å². The molecule has 1 amide bonds. The van der Waals surface area contributed by atoms with Crippen molar-refractivity contribution in [1.82, 2.24) is 14.3 Å². The molecular weight excluding hydrogens is 342 g/mol. The lowest BCUT2D eigenvalue weighted by Gasteiger charge is -2.31. The number of benzene rings is 1. The summed E-state index contributed by atoms with van der Waals surface area (Å²) >= 11 is 0. The molecule has 0 fully saturated rings. The van der Waals surface area contributed by atoms with Crippen LogP contribution in [0.2, 0.25) is 0 Å². The van der Waals surface area contributed by atoms with Crippen LogP contribution in [-0.2, 0) is 0 Å². The lowest BCUT2D eigenvalue weighted by Crippen LogP contribution is -2.43. The SMILES string of the molecule is COc1cc2ccn3c(C(=O)N(C)C(C)(C)C)ncc3c2cc1OC(C)C. The summed E-state index contributed by atoms with van der Waals surface area (Å²) in [6.07, 6.45) is 3.63. The van der Waals surface area contributed by atoms with Gasteiger partial charge in [0.1, 0.15) is 0 Å². The first kappa shape index (κ1) is 19.0. The minimum Gasteiger partial charge on any atom is -0.493 e. The molecule has 3 rings (SSSR count). The van der Waals surface area contributed by atoms with Crippen LogP contribution in [0.15, 0.2) is 30.6 Å². The first-order chi connectivity index (χ1) is 12.6. The number of hydrogen-bond donors (Lipinski definition) is 0. The van der Waals surface area contributed by atoms with Crippen molar-refractivity contribution >= 4 is 22.2 Å². The van der Waals surface area contributed by atoms with E-state index in [4.69, 9.17) is 9.47 Å². The molecule has 0 bridgehead atoms. The van der Waals surface area contributed by atoms with Crippen LogP contribution in [-0.4, -0.2) is 46.0 Å². The number of fused-ring (bicyclic) bond motifs is 3. The van der Waals surface area contributed by atoms with E-state index in [1.807, 2.05) is 63.4 Å². The number of carbonyl (C=O) groups excluding carboxylic acids is 1. The maximum Gasteiger partial charge on any atom is 0.290 e. The third-order valence-corrected chi connectivity index (χ3v) is 4.68. The number of nitrogens with zero attached hydrogens (tertiary/aromatic N) is 3. The maximum atomic E-state index is 12.9. The van der Waals surface area contributed by atoms with Crippen LogP contribution in [0, 0.1) is 0 Å². The molecule has 3 aromatic rings. The summed E-state index contributed by atoms with van der Waals surface area (Å²) < 4.78 is 13.2. The summed E-state index contributed by atoms with van der Waals surface area (Å²) in [5.74, 6) is 1.64. The minimum absolute atomic E-state index is 0.0265. The Morgan fingerprint density at radius 1 is 1.22 bits per heavy atom. The molecule has 0 atom stereocenters. The molecule has 0 aliphatic rings. The van der Waals surface area contributed by atoms with Gasteiger partial charge in [-0.15, -0.1) is 0 Å². The fraction of sp³-hybridized carbons (Fsp3) is 0.429. The van der Waals surface area contributed by atoms with Crippen LogP contribution < -0.4 is 9.47 Å². The second-order valence-electron chi connectivity index (χ2n) is 7.94. The van der Waals surface area contributed by atoms with Gasteiger partial charge in [0, 0.05) is 24.2 Å². The van der Waals surface area contributed by atoms with Crippen LogP contribution in [0.1, 0.15) is 45.2 Å². The van der Waals surface area contributed by atoms with Crippen molar-refractivity contribution in [2.75, 3.05) is 14.2 Å². The minimum atomic E-state index is -0.286. The van der Waals surface area contributed by atoms with Crippen molar-refractivity contribution in [3.05, 3.63) is 36.4 Å². The molecule has 0 aliphatic heterocycles. The first-order valence-corrected chi connectivity index (χ1v) is 9.06. The van der Waals surface area contributed by atoms with Gasteiger partial charge < -0.3 is 14.4 Å². The van der Waals surface area contributed by atoms with E-state index in [0.717, 1.165) is 16.3 Å². The Hall–Kier alpha value is -2.76. The second-order valence-corrected chi connectivity index (χ2v) is 7.94. The molecule has 0 saturated carbocycles. The van der Waals surface area contributed by atoms with Gasteiger partial charge in [0.05, 0.1) is 24.9 Å². The van der Waals surface area contributed by atoms with E-state index < -0.39 is 0 Å². The third kappa shape index (κ3) is 3.44. The van der Waals surface area contributed by atoms with Crippen LogP contribution in [0.25, 0.3) is 16.3 Å². The number of carbonyl (C=O) groups is 1. The normalized spacial score (nSPS) is 12.0. The van der Waals surface area contributed by atoms with Gasteiger partial charge in [0.2, 0.25) is 5.82 Å². The monoisotopic (exact) mass is 369 g/mol. The standard InChI is InChI=1S/C21H27N3O3/c1-13(2)27-18-11-15-14(10-17(18)26-7)8-9-24-16(15)12-22-19(24)20(25)23(6)21(3,4)5/h8-13H,1-7H3. The molecular formula is C21H27N3O3. The smallest absolute Gasteiger partial charge is 0.290 e. The zero-order chi connectivity index (χ0) is 19.9. The van der Waals surface area contributed by atoms with Gasteiger partial charge in [0.15, 0.2) is 11.5 Å². The second kappa shape index (κ2) is 6.76. The highest BCUT2D eigenvalue weighted by molar-refractivity contribution is 6.00. The molecule has 0 radical (unpaired) electrons. The molecule has 0 spiro atoms. The van der Waals surface area contributed by atoms with E-state index in [9.17, 15) is 4.79 Å². The van der Waals surface area contributed by atoms with Crippen LogP contribution in [0.4, 0.5) is 0 Å². The lowest BCUT2D eigenvalue weighted by atomic mass is 10.1. The Labute approximate surface area is 159 Å². The van der Waals surface area contributed by atoms with Crippen LogP contribution in [0.3, 0.4) is 0 Å². The molecule has 0 aliphatic carbocycles. The summed E-state index contributed by atoms with van der Waals surface area (Å²) in [6, 6.07) is 5.86.